The number of pyridine rings is 1. The predicted octanol–water partition coefficient (Wildman–Crippen LogP) is 4.54. The highest BCUT2D eigenvalue weighted by Gasteiger charge is 2.24. The maximum atomic E-state index is 12.9. The van der Waals surface area contributed by atoms with Gasteiger partial charge >= 0.3 is 0 Å². The number of amides is 2. The molecule has 2 heterocycles. The summed E-state index contributed by atoms with van der Waals surface area (Å²) >= 11 is 1.57. The molecule has 1 aliphatic heterocycles. The lowest BCUT2D eigenvalue weighted by Crippen LogP contribution is -2.50. The van der Waals surface area contributed by atoms with Crippen molar-refractivity contribution in [1.82, 2.24) is 14.8 Å². The molecule has 3 aromatic rings. The van der Waals surface area contributed by atoms with Crippen LogP contribution >= 0.6 is 11.8 Å². The molecule has 2 aromatic carbocycles. The van der Waals surface area contributed by atoms with Gasteiger partial charge in [-0.2, -0.15) is 0 Å². The largest absolute Gasteiger partial charge is 0.339 e. The van der Waals surface area contributed by atoms with E-state index in [2.05, 4.69) is 17.1 Å². The van der Waals surface area contributed by atoms with Crippen LogP contribution < -0.4 is 0 Å². The van der Waals surface area contributed by atoms with E-state index < -0.39 is 0 Å². The number of carbonyl (C=O) groups excluding carboxylic acids is 2. The van der Waals surface area contributed by atoms with Gasteiger partial charge in [0.2, 0.25) is 5.91 Å². The summed E-state index contributed by atoms with van der Waals surface area (Å²) in [6, 6.07) is 23.7. The van der Waals surface area contributed by atoms with Crippen molar-refractivity contribution in [2.75, 3.05) is 26.2 Å². The minimum absolute atomic E-state index is 0.0237. The summed E-state index contributed by atoms with van der Waals surface area (Å²) < 4.78 is 0. The van der Waals surface area contributed by atoms with Crippen molar-refractivity contribution in [2.24, 2.45) is 0 Å². The van der Waals surface area contributed by atoms with E-state index in [0.29, 0.717) is 38.2 Å². The smallest absolute Gasteiger partial charge is 0.253 e. The molecule has 6 heteroatoms. The van der Waals surface area contributed by atoms with E-state index in [1.54, 1.807) is 18.0 Å². The molecule has 1 aliphatic rings. The predicted molar refractivity (Wildman–Crippen MR) is 127 cm³/mol. The Labute approximate surface area is 193 Å². The summed E-state index contributed by atoms with van der Waals surface area (Å²) in [4.78, 5) is 34.5. The molecule has 0 atom stereocenters. The molecule has 32 heavy (non-hydrogen) atoms. The highest BCUT2D eigenvalue weighted by Crippen LogP contribution is 2.26. The summed E-state index contributed by atoms with van der Waals surface area (Å²) in [5.74, 6) is 0.208. The SMILES string of the molecule is O=C(CCCc1ccccc1)N1CCN(C(=O)c2ccc(Sc3ccccn3)cc2)CC1. The molecule has 4 rings (SSSR count). The first-order valence-corrected chi connectivity index (χ1v) is 11.8. The van der Waals surface area contributed by atoms with E-state index in [-0.39, 0.29) is 11.8 Å². The average molecular weight is 446 g/mol. The summed E-state index contributed by atoms with van der Waals surface area (Å²) in [7, 11) is 0. The highest BCUT2D eigenvalue weighted by atomic mass is 32.2. The van der Waals surface area contributed by atoms with E-state index >= 15 is 0 Å². The van der Waals surface area contributed by atoms with Gasteiger partial charge in [-0.15, -0.1) is 0 Å². The Kier molecular flexibility index (Phi) is 7.56. The number of carbonyl (C=O) groups is 2. The topological polar surface area (TPSA) is 53.5 Å². The third kappa shape index (κ3) is 5.98. The van der Waals surface area contributed by atoms with E-state index in [1.807, 2.05) is 70.5 Å². The fourth-order valence-electron chi connectivity index (χ4n) is 3.78. The lowest BCUT2D eigenvalue weighted by atomic mass is 10.1. The molecule has 2 amide bonds. The van der Waals surface area contributed by atoms with E-state index in [9.17, 15) is 9.59 Å². The van der Waals surface area contributed by atoms with Gasteiger partial charge in [-0.3, -0.25) is 9.59 Å². The van der Waals surface area contributed by atoms with Crippen molar-refractivity contribution in [3.05, 3.63) is 90.1 Å². The van der Waals surface area contributed by atoms with Crippen molar-refractivity contribution >= 4 is 23.6 Å². The molecular weight excluding hydrogens is 418 g/mol. The van der Waals surface area contributed by atoms with Crippen molar-refractivity contribution in [3.63, 3.8) is 0 Å². The van der Waals surface area contributed by atoms with Crippen LogP contribution in [0, 0.1) is 0 Å². The fourth-order valence-corrected chi connectivity index (χ4v) is 4.56. The van der Waals surface area contributed by atoms with Crippen LogP contribution in [0.4, 0.5) is 0 Å². The van der Waals surface area contributed by atoms with Crippen LogP contribution in [0.2, 0.25) is 0 Å². The number of aryl methyl sites for hydroxylation is 1. The number of hydrogen-bond acceptors (Lipinski definition) is 4. The zero-order chi connectivity index (χ0) is 22.2. The molecule has 1 saturated heterocycles. The Balaban J connectivity index is 1.23. The van der Waals surface area contributed by atoms with Gasteiger partial charge in [-0.05, 0) is 54.8 Å². The first kappa shape index (κ1) is 22.1. The number of piperazine rings is 1. The van der Waals surface area contributed by atoms with E-state index in [0.717, 1.165) is 22.8 Å². The maximum absolute atomic E-state index is 12.9. The number of aromatic nitrogens is 1. The lowest BCUT2D eigenvalue weighted by Gasteiger charge is -2.35. The van der Waals surface area contributed by atoms with E-state index in [4.69, 9.17) is 0 Å². The van der Waals surface area contributed by atoms with Crippen molar-refractivity contribution < 1.29 is 9.59 Å². The first-order valence-electron chi connectivity index (χ1n) is 11.0. The number of benzene rings is 2. The molecule has 1 fully saturated rings. The van der Waals surface area contributed by atoms with Crippen LogP contribution in [0.1, 0.15) is 28.8 Å². The highest BCUT2D eigenvalue weighted by molar-refractivity contribution is 7.99. The van der Waals surface area contributed by atoms with Gasteiger partial charge in [0.05, 0.1) is 0 Å². The summed E-state index contributed by atoms with van der Waals surface area (Å²) in [6.45, 7) is 2.36. The molecule has 1 aromatic heterocycles. The second kappa shape index (κ2) is 11.0. The van der Waals surface area contributed by atoms with Gasteiger partial charge in [-0.25, -0.2) is 4.98 Å². The number of rotatable bonds is 7. The van der Waals surface area contributed by atoms with Gasteiger partial charge in [0.15, 0.2) is 0 Å². The zero-order valence-corrected chi connectivity index (χ0v) is 18.8. The molecule has 0 aliphatic carbocycles. The monoisotopic (exact) mass is 445 g/mol. The molecular formula is C26H27N3O2S. The molecule has 0 radical (unpaired) electrons. The summed E-state index contributed by atoms with van der Waals surface area (Å²) in [5.41, 5.74) is 1.94. The van der Waals surface area contributed by atoms with Crippen LogP contribution in [-0.4, -0.2) is 52.8 Å². The molecule has 0 spiro atoms. The lowest BCUT2D eigenvalue weighted by molar-refractivity contribution is -0.132. The summed E-state index contributed by atoms with van der Waals surface area (Å²) in [6.07, 6.45) is 4.09. The van der Waals surface area contributed by atoms with Crippen molar-refractivity contribution in [3.8, 4) is 0 Å². The third-order valence-corrected chi connectivity index (χ3v) is 6.54. The van der Waals surface area contributed by atoms with Gasteiger partial charge < -0.3 is 9.80 Å². The fraction of sp³-hybridized carbons (Fsp3) is 0.269. The second-order valence-corrected chi connectivity index (χ2v) is 8.90. The maximum Gasteiger partial charge on any atom is 0.253 e. The van der Waals surface area contributed by atoms with E-state index in [1.165, 1.54) is 5.56 Å². The Morgan fingerprint density at radius 2 is 1.50 bits per heavy atom. The Morgan fingerprint density at radius 1 is 0.812 bits per heavy atom. The van der Waals surface area contributed by atoms with Crippen molar-refractivity contribution in [1.29, 1.82) is 0 Å². The average Bonchev–Trinajstić information content (AvgIpc) is 2.85. The third-order valence-electron chi connectivity index (χ3n) is 5.58. The van der Waals surface area contributed by atoms with Crippen molar-refractivity contribution in [2.45, 2.75) is 29.2 Å². The Bertz CT molecular complexity index is 1020. The number of nitrogens with zero attached hydrogens (tertiary/aromatic N) is 3. The zero-order valence-electron chi connectivity index (χ0n) is 18.0. The van der Waals surface area contributed by atoms with Gasteiger partial charge in [0.25, 0.3) is 5.91 Å². The first-order chi connectivity index (χ1) is 15.7. The molecule has 0 unspecified atom stereocenters. The minimum atomic E-state index is 0.0237. The number of hydrogen-bond donors (Lipinski definition) is 0. The second-order valence-electron chi connectivity index (χ2n) is 7.81. The van der Waals surface area contributed by atoms with Gasteiger partial charge in [-0.1, -0.05) is 48.2 Å². The standard InChI is InChI=1S/C26H27N3O2S/c30-25(11-6-9-21-7-2-1-3-8-21)28-17-19-29(20-18-28)26(31)22-12-14-23(15-13-22)32-24-10-4-5-16-27-24/h1-5,7-8,10,12-16H,6,9,11,17-20H2. The quantitative estimate of drug-likeness (QED) is 0.536. The Hall–Kier alpha value is -3.12. The summed E-state index contributed by atoms with van der Waals surface area (Å²) in [5, 5.41) is 0.927. The van der Waals surface area contributed by atoms with Gasteiger partial charge in [0, 0.05) is 49.3 Å². The normalized spacial score (nSPS) is 13.8. The van der Waals surface area contributed by atoms with Crippen LogP contribution in [0.15, 0.2) is 88.9 Å². The molecule has 0 saturated carbocycles. The van der Waals surface area contributed by atoms with Crippen LogP contribution in [0.25, 0.3) is 0 Å². The van der Waals surface area contributed by atoms with Crippen LogP contribution in [0.5, 0.6) is 0 Å². The minimum Gasteiger partial charge on any atom is -0.339 e. The van der Waals surface area contributed by atoms with Crippen LogP contribution in [-0.2, 0) is 11.2 Å². The van der Waals surface area contributed by atoms with Crippen LogP contribution in [0.3, 0.4) is 0 Å². The molecule has 164 valence electrons. The molecule has 5 nitrogen and oxygen atoms in total. The molecule has 0 bridgehead atoms. The Morgan fingerprint density at radius 3 is 2.19 bits per heavy atom. The molecule has 0 N–H and O–H groups in total. The van der Waals surface area contributed by atoms with Gasteiger partial charge in [0.1, 0.15) is 5.03 Å².